The molecule has 0 aliphatic carbocycles. The van der Waals surface area contributed by atoms with Gasteiger partial charge in [0.15, 0.2) is 0 Å². The second kappa shape index (κ2) is 3.56. The standard InChI is InChI=1S/C7H13NO.ClH/c1-2-6-4-5-9-7(3-1)8-6;/h6-8H,1-5H2;1H. The highest BCUT2D eigenvalue weighted by atomic mass is 35.5. The molecule has 0 spiro atoms. The van der Waals surface area contributed by atoms with Gasteiger partial charge in [-0.05, 0) is 25.7 Å². The van der Waals surface area contributed by atoms with E-state index in [2.05, 4.69) is 5.32 Å². The van der Waals surface area contributed by atoms with Gasteiger partial charge >= 0.3 is 0 Å². The van der Waals surface area contributed by atoms with Gasteiger partial charge in [-0.15, -0.1) is 12.4 Å². The second-order valence-electron chi connectivity index (χ2n) is 2.94. The lowest BCUT2D eigenvalue weighted by atomic mass is 9.99. The molecule has 0 aromatic rings. The van der Waals surface area contributed by atoms with Gasteiger partial charge in [0.2, 0.25) is 0 Å². The van der Waals surface area contributed by atoms with Crippen molar-refractivity contribution in [3.63, 3.8) is 0 Å². The quantitative estimate of drug-likeness (QED) is 0.581. The molecule has 2 saturated heterocycles. The van der Waals surface area contributed by atoms with Crippen molar-refractivity contribution in [3.8, 4) is 0 Å². The SMILES string of the molecule is C1CC2CCOC(C1)N2.Cl. The van der Waals surface area contributed by atoms with Crippen LogP contribution in [0.15, 0.2) is 0 Å². The molecule has 0 radical (unpaired) electrons. The molecular formula is C7H14ClNO. The minimum absolute atomic E-state index is 0. The van der Waals surface area contributed by atoms with Crippen molar-refractivity contribution in [1.29, 1.82) is 0 Å². The van der Waals surface area contributed by atoms with Crippen LogP contribution in [0.3, 0.4) is 0 Å². The van der Waals surface area contributed by atoms with Crippen LogP contribution in [0, 0.1) is 0 Å². The summed E-state index contributed by atoms with van der Waals surface area (Å²) < 4.78 is 5.44. The third-order valence-corrected chi connectivity index (χ3v) is 2.23. The third kappa shape index (κ3) is 1.62. The first-order valence-electron chi connectivity index (χ1n) is 3.83. The van der Waals surface area contributed by atoms with Gasteiger partial charge in [-0.1, -0.05) is 0 Å². The lowest BCUT2D eigenvalue weighted by Gasteiger charge is -2.35. The van der Waals surface area contributed by atoms with E-state index in [0.717, 1.165) is 12.6 Å². The number of ether oxygens (including phenoxy) is 1. The molecule has 2 nitrogen and oxygen atoms in total. The molecule has 2 fully saturated rings. The van der Waals surface area contributed by atoms with Gasteiger partial charge in [0, 0.05) is 6.04 Å². The number of fused-ring (bicyclic) bond motifs is 2. The molecule has 1 N–H and O–H groups in total. The van der Waals surface area contributed by atoms with Crippen molar-refractivity contribution in [1.82, 2.24) is 5.32 Å². The van der Waals surface area contributed by atoms with E-state index in [-0.39, 0.29) is 12.4 Å². The van der Waals surface area contributed by atoms with Gasteiger partial charge in [0.1, 0.15) is 6.23 Å². The summed E-state index contributed by atoms with van der Waals surface area (Å²) in [6.07, 6.45) is 5.55. The lowest BCUT2D eigenvalue weighted by Crippen LogP contribution is -2.48. The number of halogens is 1. The van der Waals surface area contributed by atoms with Crippen molar-refractivity contribution in [3.05, 3.63) is 0 Å². The Morgan fingerprint density at radius 1 is 1.20 bits per heavy atom. The number of piperidine rings is 1. The van der Waals surface area contributed by atoms with Crippen LogP contribution >= 0.6 is 12.4 Å². The smallest absolute Gasteiger partial charge is 0.108 e. The molecule has 2 rings (SSSR count). The first kappa shape index (κ1) is 8.31. The van der Waals surface area contributed by atoms with E-state index in [9.17, 15) is 0 Å². The molecule has 0 aromatic carbocycles. The van der Waals surface area contributed by atoms with Crippen LogP contribution in [-0.4, -0.2) is 18.9 Å². The average Bonchev–Trinajstić information content (AvgIpc) is 1.88. The molecule has 0 saturated carbocycles. The molecule has 2 aliphatic heterocycles. The predicted octanol–water partition coefficient (Wildman–Crippen LogP) is 1.30. The van der Waals surface area contributed by atoms with Crippen molar-refractivity contribution in [2.75, 3.05) is 6.61 Å². The minimum atomic E-state index is 0. The van der Waals surface area contributed by atoms with E-state index in [0.29, 0.717) is 6.23 Å². The van der Waals surface area contributed by atoms with Crippen LogP contribution < -0.4 is 5.32 Å². The fraction of sp³-hybridized carbons (Fsp3) is 1.00. The maximum Gasteiger partial charge on any atom is 0.108 e. The molecular weight excluding hydrogens is 150 g/mol. The van der Waals surface area contributed by atoms with Crippen molar-refractivity contribution >= 4 is 12.4 Å². The Kier molecular flexibility index (Phi) is 2.96. The van der Waals surface area contributed by atoms with Crippen molar-refractivity contribution in [2.24, 2.45) is 0 Å². The Bertz CT molecular complexity index is 89.8. The van der Waals surface area contributed by atoms with E-state index in [1.165, 1.54) is 25.7 Å². The molecule has 2 bridgehead atoms. The zero-order valence-corrected chi connectivity index (χ0v) is 6.82. The molecule has 0 amide bonds. The molecule has 2 heterocycles. The Morgan fingerprint density at radius 3 is 2.80 bits per heavy atom. The van der Waals surface area contributed by atoms with Crippen LogP contribution in [0.25, 0.3) is 0 Å². The highest BCUT2D eigenvalue weighted by Gasteiger charge is 2.24. The van der Waals surface area contributed by atoms with Gasteiger partial charge in [-0.3, -0.25) is 5.32 Å². The van der Waals surface area contributed by atoms with Gasteiger partial charge in [0.05, 0.1) is 6.61 Å². The van der Waals surface area contributed by atoms with Crippen LogP contribution in [0.4, 0.5) is 0 Å². The number of hydrogen-bond acceptors (Lipinski definition) is 2. The van der Waals surface area contributed by atoms with Crippen molar-refractivity contribution < 1.29 is 4.74 Å². The summed E-state index contributed by atoms with van der Waals surface area (Å²) >= 11 is 0. The first-order valence-corrected chi connectivity index (χ1v) is 3.83. The summed E-state index contributed by atoms with van der Waals surface area (Å²) in [5.74, 6) is 0. The zero-order chi connectivity index (χ0) is 6.10. The molecule has 0 aromatic heterocycles. The largest absolute Gasteiger partial charge is 0.363 e. The van der Waals surface area contributed by atoms with Gasteiger partial charge in [-0.2, -0.15) is 0 Å². The minimum Gasteiger partial charge on any atom is -0.363 e. The summed E-state index contributed by atoms with van der Waals surface area (Å²) in [6.45, 7) is 0.975. The maximum absolute atomic E-state index is 5.44. The number of hydrogen-bond donors (Lipinski definition) is 1. The number of nitrogens with one attached hydrogen (secondary N) is 1. The Morgan fingerprint density at radius 2 is 2.10 bits per heavy atom. The van der Waals surface area contributed by atoms with Crippen LogP contribution in [0.5, 0.6) is 0 Å². The van der Waals surface area contributed by atoms with Crippen molar-refractivity contribution in [2.45, 2.75) is 38.0 Å². The molecule has 2 unspecified atom stereocenters. The van der Waals surface area contributed by atoms with Crippen LogP contribution in [-0.2, 0) is 4.74 Å². The monoisotopic (exact) mass is 163 g/mol. The topological polar surface area (TPSA) is 21.3 Å². The highest BCUT2D eigenvalue weighted by molar-refractivity contribution is 5.85. The predicted molar refractivity (Wildman–Crippen MR) is 42.4 cm³/mol. The second-order valence-corrected chi connectivity index (χ2v) is 2.94. The molecule has 10 heavy (non-hydrogen) atoms. The van der Waals surface area contributed by atoms with Gasteiger partial charge < -0.3 is 4.74 Å². The highest BCUT2D eigenvalue weighted by Crippen LogP contribution is 2.19. The van der Waals surface area contributed by atoms with Gasteiger partial charge in [-0.25, -0.2) is 0 Å². The summed E-state index contributed by atoms with van der Waals surface area (Å²) in [7, 11) is 0. The first-order chi connectivity index (χ1) is 4.45. The summed E-state index contributed by atoms with van der Waals surface area (Å²) in [5, 5.41) is 3.43. The van der Waals surface area contributed by atoms with Gasteiger partial charge in [0.25, 0.3) is 0 Å². The van der Waals surface area contributed by atoms with E-state index >= 15 is 0 Å². The van der Waals surface area contributed by atoms with E-state index in [1.807, 2.05) is 0 Å². The van der Waals surface area contributed by atoms with E-state index in [4.69, 9.17) is 4.74 Å². The molecule has 2 atom stereocenters. The zero-order valence-electron chi connectivity index (χ0n) is 6.01. The van der Waals surface area contributed by atoms with Crippen LogP contribution in [0.1, 0.15) is 25.7 Å². The summed E-state index contributed by atoms with van der Waals surface area (Å²) in [5.41, 5.74) is 0. The molecule has 3 heteroatoms. The fourth-order valence-corrected chi connectivity index (χ4v) is 1.69. The molecule has 2 aliphatic rings. The lowest BCUT2D eigenvalue weighted by molar-refractivity contribution is -0.0419. The summed E-state index contributed by atoms with van der Waals surface area (Å²) in [4.78, 5) is 0. The normalized spacial score (nSPS) is 38.4. The number of rotatable bonds is 0. The average molecular weight is 164 g/mol. The maximum atomic E-state index is 5.44. The molecule has 60 valence electrons. The Hall–Kier alpha value is 0.210. The Balaban J connectivity index is 0.000000500. The van der Waals surface area contributed by atoms with E-state index in [1.54, 1.807) is 0 Å². The fourth-order valence-electron chi connectivity index (χ4n) is 1.69. The third-order valence-electron chi connectivity index (χ3n) is 2.23. The van der Waals surface area contributed by atoms with E-state index < -0.39 is 0 Å². The Labute approximate surface area is 67.7 Å². The van der Waals surface area contributed by atoms with Crippen LogP contribution in [0.2, 0.25) is 0 Å². The summed E-state index contributed by atoms with van der Waals surface area (Å²) in [6, 6.07) is 0.775.